The van der Waals surface area contributed by atoms with Gasteiger partial charge in [-0.3, -0.25) is 14.4 Å². The summed E-state index contributed by atoms with van der Waals surface area (Å²) in [6.45, 7) is 6.68. The molecule has 0 aromatic carbocycles. The number of unbranched alkanes of at least 4 members (excludes halogenated alkanes) is 44. The van der Waals surface area contributed by atoms with Crippen LogP contribution in [-0.2, 0) is 28.6 Å². The quantitative estimate of drug-likeness (QED) is 0.0261. The Labute approximate surface area is 479 Å². The Balaban J connectivity index is 4.29. The van der Waals surface area contributed by atoms with Gasteiger partial charge in [-0.05, 0) is 83.5 Å². The van der Waals surface area contributed by atoms with Crippen molar-refractivity contribution in [3.8, 4) is 0 Å². The predicted octanol–water partition coefficient (Wildman–Crippen LogP) is 23.3. The van der Waals surface area contributed by atoms with Gasteiger partial charge in [0, 0.05) is 19.3 Å². The Bertz CT molecular complexity index is 1330. The zero-order valence-corrected chi connectivity index (χ0v) is 51.7. The van der Waals surface area contributed by atoms with Crippen LogP contribution in [0.2, 0.25) is 0 Å². The summed E-state index contributed by atoms with van der Waals surface area (Å²) in [6, 6.07) is 0. The second-order valence-corrected chi connectivity index (χ2v) is 23.1. The molecule has 77 heavy (non-hydrogen) atoms. The standard InChI is InChI=1S/C71H130O6/c1-4-7-10-13-16-19-22-25-27-29-31-33-35-37-39-41-43-46-49-52-55-58-61-64-70(73)76-67-68(66-75-69(72)63-60-57-54-51-48-45-24-21-18-15-12-9-6-3)77-71(74)65-62-59-56-53-50-47-44-42-40-38-36-34-32-30-28-26-23-20-17-14-11-8-5-2/h22,25,29-32,35,37,68H,4-21,23-24,26-28,33-34,36,38-67H2,1-3H3/b25-22-,31-29-,32-30-,37-35-. The lowest BCUT2D eigenvalue weighted by Gasteiger charge is -2.18. The van der Waals surface area contributed by atoms with E-state index >= 15 is 0 Å². The van der Waals surface area contributed by atoms with Gasteiger partial charge in [-0.1, -0.05) is 313 Å². The fraction of sp³-hybridized carbons (Fsp3) is 0.845. The number of ether oxygens (including phenoxy) is 3. The Morgan fingerprint density at radius 3 is 0.740 bits per heavy atom. The fourth-order valence-corrected chi connectivity index (χ4v) is 10.2. The van der Waals surface area contributed by atoms with Gasteiger partial charge < -0.3 is 14.2 Å². The van der Waals surface area contributed by atoms with Crippen LogP contribution in [0.4, 0.5) is 0 Å². The van der Waals surface area contributed by atoms with E-state index in [-0.39, 0.29) is 31.1 Å². The van der Waals surface area contributed by atoms with Crippen molar-refractivity contribution in [3.05, 3.63) is 48.6 Å². The second-order valence-electron chi connectivity index (χ2n) is 23.1. The van der Waals surface area contributed by atoms with Crippen LogP contribution < -0.4 is 0 Å². The van der Waals surface area contributed by atoms with Crippen molar-refractivity contribution in [3.63, 3.8) is 0 Å². The normalized spacial score (nSPS) is 12.3. The van der Waals surface area contributed by atoms with E-state index in [2.05, 4.69) is 69.4 Å². The zero-order valence-electron chi connectivity index (χ0n) is 51.7. The van der Waals surface area contributed by atoms with E-state index < -0.39 is 6.10 Å². The first-order chi connectivity index (χ1) is 38.0. The molecule has 1 unspecified atom stereocenters. The van der Waals surface area contributed by atoms with E-state index in [9.17, 15) is 14.4 Å². The molecule has 6 heteroatoms. The highest BCUT2D eigenvalue weighted by atomic mass is 16.6. The van der Waals surface area contributed by atoms with Crippen LogP contribution in [0.25, 0.3) is 0 Å². The van der Waals surface area contributed by atoms with Crippen molar-refractivity contribution >= 4 is 17.9 Å². The topological polar surface area (TPSA) is 78.9 Å². The Morgan fingerprint density at radius 1 is 0.260 bits per heavy atom. The zero-order chi connectivity index (χ0) is 55.7. The number of rotatable bonds is 63. The molecule has 0 saturated carbocycles. The molecule has 1 atom stereocenters. The minimum absolute atomic E-state index is 0.0716. The molecule has 6 nitrogen and oxygen atoms in total. The van der Waals surface area contributed by atoms with Crippen LogP contribution in [0.3, 0.4) is 0 Å². The van der Waals surface area contributed by atoms with Crippen LogP contribution in [0.1, 0.15) is 367 Å². The van der Waals surface area contributed by atoms with Gasteiger partial charge in [0.25, 0.3) is 0 Å². The number of hydrogen-bond donors (Lipinski definition) is 0. The van der Waals surface area contributed by atoms with Crippen LogP contribution in [0.15, 0.2) is 48.6 Å². The molecule has 0 spiro atoms. The third-order valence-electron chi connectivity index (χ3n) is 15.3. The van der Waals surface area contributed by atoms with E-state index in [0.717, 1.165) is 77.0 Å². The third kappa shape index (κ3) is 64.1. The number of carbonyl (C=O) groups is 3. The largest absolute Gasteiger partial charge is 0.462 e. The molecular weight excluding hydrogens is 949 g/mol. The monoisotopic (exact) mass is 1080 g/mol. The molecule has 0 heterocycles. The maximum atomic E-state index is 12.9. The molecule has 0 saturated heterocycles. The minimum Gasteiger partial charge on any atom is -0.462 e. The van der Waals surface area contributed by atoms with Crippen LogP contribution in [0.5, 0.6) is 0 Å². The molecule has 0 aliphatic carbocycles. The maximum Gasteiger partial charge on any atom is 0.306 e. The van der Waals surface area contributed by atoms with E-state index in [1.54, 1.807) is 0 Å². The minimum atomic E-state index is -0.776. The summed E-state index contributed by atoms with van der Waals surface area (Å²) in [5.74, 6) is -0.856. The van der Waals surface area contributed by atoms with Crippen molar-refractivity contribution in [2.75, 3.05) is 13.2 Å². The number of hydrogen-bond acceptors (Lipinski definition) is 6. The predicted molar refractivity (Wildman–Crippen MR) is 335 cm³/mol. The van der Waals surface area contributed by atoms with Gasteiger partial charge in [0.2, 0.25) is 0 Å². The summed E-state index contributed by atoms with van der Waals surface area (Å²) in [5, 5.41) is 0. The van der Waals surface area contributed by atoms with Crippen molar-refractivity contribution in [1.82, 2.24) is 0 Å². The fourth-order valence-electron chi connectivity index (χ4n) is 10.2. The smallest absolute Gasteiger partial charge is 0.306 e. The Hall–Kier alpha value is -2.63. The molecule has 0 radical (unpaired) electrons. The van der Waals surface area contributed by atoms with E-state index in [4.69, 9.17) is 14.2 Å². The van der Waals surface area contributed by atoms with E-state index in [1.165, 1.54) is 250 Å². The highest BCUT2D eigenvalue weighted by Crippen LogP contribution is 2.17. The van der Waals surface area contributed by atoms with Gasteiger partial charge in [-0.15, -0.1) is 0 Å². The van der Waals surface area contributed by atoms with Crippen molar-refractivity contribution < 1.29 is 28.6 Å². The molecular formula is C71H130O6. The maximum absolute atomic E-state index is 12.9. The molecule has 0 aromatic heterocycles. The van der Waals surface area contributed by atoms with Crippen LogP contribution >= 0.6 is 0 Å². The van der Waals surface area contributed by atoms with Gasteiger partial charge in [0.15, 0.2) is 6.10 Å². The van der Waals surface area contributed by atoms with Crippen LogP contribution in [-0.4, -0.2) is 37.2 Å². The first kappa shape index (κ1) is 74.4. The molecule has 0 fully saturated rings. The van der Waals surface area contributed by atoms with Crippen LogP contribution in [0, 0.1) is 0 Å². The van der Waals surface area contributed by atoms with E-state index in [1.807, 2.05) is 0 Å². The first-order valence-corrected chi connectivity index (χ1v) is 34.1. The summed E-state index contributed by atoms with van der Waals surface area (Å²) < 4.78 is 17.0. The highest BCUT2D eigenvalue weighted by molar-refractivity contribution is 5.71. The first-order valence-electron chi connectivity index (χ1n) is 34.1. The van der Waals surface area contributed by atoms with Gasteiger partial charge in [-0.25, -0.2) is 0 Å². The Kier molecular flexibility index (Phi) is 63.6. The lowest BCUT2D eigenvalue weighted by Crippen LogP contribution is -2.30. The molecule has 0 bridgehead atoms. The van der Waals surface area contributed by atoms with E-state index in [0.29, 0.717) is 19.3 Å². The lowest BCUT2D eigenvalue weighted by molar-refractivity contribution is -0.167. The average molecular weight is 1080 g/mol. The molecule has 0 N–H and O–H groups in total. The Morgan fingerprint density at radius 2 is 0.468 bits per heavy atom. The molecule has 0 rings (SSSR count). The van der Waals surface area contributed by atoms with Crippen molar-refractivity contribution in [1.29, 1.82) is 0 Å². The number of carbonyl (C=O) groups excluding carboxylic acids is 3. The lowest BCUT2D eigenvalue weighted by atomic mass is 10.0. The molecule has 0 aliphatic rings. The van der Waals surface area contributed by atoms with Crippen molar-refractivity contribution in [2.45, 2.75) is 374 Å². The molecule has 450 valence electrons. The second kappa shape index (κ2) is 65.9. The number of esters is 3. The highest BCUT2D eigenvalue weighted by Gasteiger charge is 2.19. The van der Waals surface area contributed by atoms with Crippen molar-refractivity contribution in [2.24, 2.45) is 0 Å². The van der Waals surface area contributed by atoms with Gasteiger partial charge in [0.1, 0.15) is 13.2 Å². The SMILES string of the molecule is CCCCCCC/C=C\C/C=C\C/C=C\CCCCCCCCCCC(=O)OCC(COC(=O)CCCCCCCCCCCCCCC)OC(=O)CCCCCCCCCCCCC/C=C\CCCCCCCCCC. The summed E-state index contributed by atoms with van der Waals surface area (Å²) in [4.78, 5) is 38.4. The number of allylic oxidation sites excluding steroid dienone is 8. The van der Waals surface area contributed by atoms with Gasteiger partial charge in [-0.2, -0.15) is 0 Å². The summed E-state index contributed by atoms with van der Waals surface area (Å²) in [6.07, 6.45) is 82.7. The van der Waals surface area contributed by atoms with Gasteiger partial charge >= 0.3 is 17.9 Å². The summed E-state index contributed by atoms with van der Waals surface area (Å²) in [7, 11) is 0. The average Bonchev–Trinajstić information content (AvgIpc) is 3.43. The third-order valence-corrected chi connectivity index (χ3v) is 15.3. The molecule has 0 aromatic rings. The molecule has 0 aliphatic heterocycles. The molecule has 0 amide bonds. The summed E-state index contributed by atoms with van der Waals surface area (Å²) in [5.41, 5.74) is 0. The van der Waals surface area contributed by atoms with Gasteiger partial charge in [0.05, 0.1) is 0 Å². The summed E-state index contributed by atoms with van der Waals surface area (Å²) >= 11 is 0.